The Balaban J connectivity index is 1.74. The number of aryl methyl sites for hydroxylation is 1. The fraction of sp³-hybridized carbons (Fsp3) is 0.231. The van der Waals surface area contributed by atoms with E-state index in [9.17, 15) is 9.59 Å². The SMILES string of the molecule is Cc1ccoc1C(=O)OCC(=O)NCc1ccco1. The molecule has 6 heteroatoms. The van der Waals surface area contributed by atoms with Gasteiger partial charge in [0.1, 0.15) is 5.76 Å². The lowest BCUT2D eigenvalue weighted by Crippen LogP contribution is -2.28. The number of esters is 1. The van der Waals surface area contributed by atoms with Gasteiger partial charge in [0, 0.05) is 5.56 Å². The van der Waals surface area contributed by atoms with Gasteiger partial charge in [-0.1, -0.05) is 0 Å². The average Bonchev–Trinajstić information content (AvgIpc) is 3.04. The van der Waals surface area contributed by atoms with Crippen LogP contribution in [0.3, 0.4) is 0 Å². The second-order valence-electron chi connectivity index (χ2n) is 3.86. The van der Waals surface area contributed by atoms with E-state index < -0.39 is 11.9 Å². The smallest absolute Gasteiger partial charge is 0.375 e. The lowest BCUT2D eigenvalue weighted by molar-refractivity contribution is -0.124. The fourth-order valence-electron chi connectivity index (χ4n) is 1.43. The summed E-state index contributed by atoms with van der Waals surface area (Å²) < 4.78 is 14.8. The molecule has 0 bridgehead atoms. The van der Waals surface area contributed by atoms with Crippen molar-refractivity contribution in [2.45, 2.75) is 13.5 Å². The van der Waals surface area contributed by atoms with Gasteiger partial charge in [-0.25, -0.2) is 4.79 Å². The molecule has 6 nitrogen and oxygen atoms in total. The first kappa shape index (κ1) is 12.9. The first-order valence-electron chi connectivity index (χ1n) is 5.67. The topological polar surface area (TPSA) is 81.7 Å². The number of ether oxygens (including phenoxy) is 1. The van der Waals surface area contributed by atoms with Crippen LogP contribution in [0, 0.1) is 6.92 Å². The van der Waals surface area contributed by atoms with E-state index in [0.29, 0.717) is 11.3 Å². The Morgan fingerprint density at radius 1 is 1.26 bits per heavy atom. The Bertz CT molecular complexity index is 555. The molecule has 0 fully saturated rings. The molecule has 1 N–H and O–H groups in total. The van der Waals surface area contributed by atoms with E-state index in [4.69, 9.17) is 13.6 Å². The molecule has 100 valence electrons. The van der Waals surface area contributed by atoms with Gasteiger partial charge in [-0.05, 0) is 25.1 Å². The Morgan fingerprint density at radius 2 is 2.11 bits per heavy atom. The number of amides is 1. The summed E-state index contributed by atoms with van der Waals surface area (Å²) in [5, 5.41) is 2.56. The number of furan rings is 2. The number of hydrogen-bond acceptors (Lipinski definition) is 5. The highest BCUT2D eigenvalue weighted by molar-refractivity contribution is 5.90. The largest absolute Gasteiger partial charge is 0.467 e. The van der Waals surface area contributed by atoms with E-state index in [2.05, 4.69) is 5.32 Å². The van der Waals surface area contributed by atoms with Crippen LogP contribution >= 0.6 is 0 Å². The van der Waals surface area contributed by atoms with Crippen LogP contribution < -0.4 is 5.32 Å². The maximum atomic E-state index is 11.5. The van der Waals surface area contributed by atoms with Crippen LogP contribution in [0.4, 0.5) is 0 Å². The van der Waals surface area contributed by atoms with Crippen LogP contribution in [-0.4, -0.2) is 18.5 Å². The molecule has 0 saturated carbocycles. The number of carbonyl (C=O) groups excluding carboxylic acids is 2. The van der Waals surface area contributed by atoms with Gasteiger partial charge in [-0.3, -0.25) is 4.79 Å². The summed E-state index contributed by atoms with van der Waals surface area (Å²) >= 11 is 0. The summed E-state index contributed by atoms with van der Waals surface area (Å²) in [5.41, 5.74) is 0.668. The van der Waals surface area contributed by atoms with Crippen molar-refractivity contribution in [1.29, 1.82) is 0 Å². The van der Waals surface area contributed by atoms with Crippen molar-refractivity contribution < 1.29 is 23.2 Å². The van der Waals surface area contributed by atoms with E-state index in [1.807, 2.05) is 0 Å². The quantitative estimate of drug-likeness (QED) is 0.829. The van der Waals surface area contributed by atoms with Crippen LogP contribution in [0.5, 0.6) is 0 Å². The highest BCUT2D eigenvalue weighted by Crippen LogP contribution is 2.09. The van der Waals surface area contributed by atoms with Crippen molar-refractivity contribution in [1.82, 2.24) is 5.32 Å². The minimum Gasteiger partial charge on any atom is -0.467 e. The molecule has 0 aliphatic heterocycles. The maximum Gasteiger partial charge on any atom is 0.375 e. The normalized spacial score (nSPS) is 10.2. The van der Waals surface area contributed by atoms with Crippen LogP contribution in [0.25, 0.3) is 0 Å². The number of nitrogens with one attached hydrogen (secondary N) is 1. The highest BCUT2D eigenvalue weighted by atomic mass is 16.5. The van der Waals surface area contributed by atoms with Gasteiger partial charge in [0.15, 0.2) is 6.61 Å². The molecule has 19 heavy (non-hydrogen) atoms. The third kappa shape index (κ3) is 3.48. The molecule has 2 aromatic rings. The minimum absolute atomic E-state index is 0.110. The van der Waals surface area contributed by atoms with E-state index >= 15 is 0 Å². The van der Waals surface area contributed by atoms with Crippen molar-refractivity contribution in [3.05, 3.63) is 47.8 Å². The number of carbonyl (C=O) groups is 2. The molecule has 0 spiro atoms. The Morgan fingerprint density at radius 3 is 2.74 bits per heavy atom. The van der Waals surface area contributed by atoms with E-state index in [-0.39, 0.29) is 18.9 Å². The van der Waals surface area contributed by atoms with Crippen LogP contribution in [0.15, 0.2) is 39.6 Å². The first-order valence-corrected chi connectivity index (χ1v) is 5.67. The predicted molar refractivity (Wildman–Crippen MR) is 64.3 cm³/mol. The van der Waals surface area contributed by atoms with Gasteiger partial charge in [-0.15, -0.1) is 0 Å². The summed E-state index contributed by atoms with van der Waals surface area (Å²) in [4.78, 5) is 23.0. The third-order valence-corrected chi connectivity index (χ3v) is 2.42. The Hall–Kier alpha value is -2.50. The molecule has 0 unspecified atom stereocenters. The van der Waals surface area contributed by atoms with E-state index in [1.165, 1.54) is 12.5 Å². The van der Waals surface area contributed by atoms with Gasteiger partial charge in [0.05, 0.1) is 19.1 Å². The number of rotatable bonds is 5. The van der Waals surface area contributed by atoms with Crippen molar-refractivity contribution in [3.63, 3.8) is 0 Å². The first-order chi connectivity index (χ1) is 9.16. The summed E-state index contributed by atoms with van der Waals surface area (Å²) in [6.45, 7) is 1.61. The monoisotopic (exact) mass is 263 g/mol. The third-order valence-electron chi connectivity index (χ3n) is 2.42. The average molecular weight is 263 g/mol. The second-order valence-corrected chi connectivity index (χ2v) is 3.86. The van der Waals surface area contributed by atoms with Gasteiger partial charge >= 0.3 is 5.97 Å². The highest BCUT2D eigenvalue weighted by Gasteiger charge is 2.15. The Kier molecular flexibility index (Phi) is 4.02. The van der Waals surface area contributed by atoms with Gasteiger partial charge in [-0.2, -0.15) is 0 Å². The van der Waals surface area contributed by atoms with Gasteiger partial charge in [0.25, 0.3) is 5.91 Å². The molecule has 0 aliphatic carbocycles. The van der Waals surface area contributed by atoms with Gasteiger partial charge < -0.3 is 18.9 Å². The van der Waals surface area contributed by atoms with Crippen LogP contribution in [0.1, 0.15) is 21.9 Å². The zero-order valence-electron chi connectivity index (χ0n) is 10.3. The van der Waals surface area contributed by atoms with Crippen molar-refractivity contribution in [3.8, 4) is 0 Å². The predicted octanol–water partition coefficient (Wildman–Crippen LogP) is 1.65. The van der Waals surface area contributed by atoms with Crippen molar-refractivity contribution in [2.24, 2.45) is 0 Å². The lowest BCUT2D eigenvalue weighted by Gasteiger charge is -2.04. The standard InChI is InChI=1S/C13H13NO5/c1-9-4-6-18-12(9)13(16)19-8-11(15)14-7-10-3-2-5-17-10/h2-6H,7-8H2,1H3,(H,14,15). The Labute approximate surface area is 109 Å². The molecule has 0 atom stereocenters. The molecule has 0 radical (unpaired) electrons. The fourth-order valence-corrected chi connectivity index (χ4v) is 1.43. The summed E-state index contributed by atoms with van der Waals surface area (Å²) in [5.74, 6) is -0.329. The zero-order chi connectivity index (χ0) is 13.7. The van der Waals surface area contributed by atoms with Crippen molar-refractivity contribution in [2.75, 3.05) is 6.61 Å². The van der Waals surface area contributed by atoms with Crippen LogP contribution in [0.2, 0.25) is 0 Å². The molecule has 2 rings (SSSR count). The molecule has 0 saturated heterocycles. The van der Waals surface area contributed by atoms with Gasteiger partial charge in [0.2, 0.25) is 5.76 Å². The number of hydrogen-bond donors (Lipinski definition) is 1. The van der Waals surface area contributed by atoms with E-state index in [0.717, 1.165) is 0 Å². The molecule has 0 aromatic carbocycles. The zero-order valence-corrected chi connectivity index (χ0v) is 10.3. The van der Waals surface area contributed by atoms with Crippen LogP contribution in [-0.2, 0) is 16.1 Å². The maximum absolute atomic E-state index is 11.5. The molecule has 0 aliphatic rings. The molecule has 2 heterocycles. The molecular weight excluding hydrogens is 250 g/mol. The molecule has 2 aromatic heterocycles. The summed E-state index contributed by atoms with van der Waals surface area (Å²) in [6, 6.07) is 5.10. The summed E-state index contributed by atoms with van der Waals surface area (Å²) in [7, 11) is 0. The molecule has 1 amide bonds. The lowest BCUT2D eigenvalue weighted by atomic mass is 10.3. The van der Waals surface area contributed by atoms with Crippen molar-refractivity contribution >= 4 is 11.9 Å². The summed E-state index contributed by atoms with van der Waals surface area (Å²) in [6.07, 6.45) is 2.91. The minimum atomic E-state index is -0.657. The van der Waals surface area contributed by atoms with E-state index in [1.54, 1.807) is 25.1 Å². The molecular formula is C13H13NO5. The second kappa shape index (κ2) is 5.90.